The number of hydrogen-bond acceptors (Lipinski definition) is 5. The minimum Gasteiger partial charge on any atom is -0.462 e. The van der Waals surface area contributed by atoms with Crippen molar-refractivity contribution in [1.29, 1.82) is 0 Å². The van der Waals surface area contributed by atoms with E-state index in [9.17, 15) is 14.7 Å². The van der Waals surface area contributed by atoms with Crippen LogP contribution in [0.2, 0.25) is 0 Å². The van der Waals surface area contributed by atoms with Gasteiger partial charge in [0.15, 0.2) is 6.10 Å². The van der Waals surface area contributed by atoms with Gasteiger partial charge in [-0.3, -0.25) is 9.59 Å². The molecule has 0 radical (unpaired) electrons. The summed E-state index contributed by atoms with van der Waals surface area (Å²) >= 11 is 0. The average Bonchev–Trinajstić information content (AvgIpc) is 3.40. The van der Waals surface area contributed by atoms with Crippen molar-refractivity contribution in [2.45, 2.75) is 200 Å². The molecule has 0 aromatic heterocycles. The summed E-state index contributed by atoms with van der Waals surface area (Å²) in [5, 5.41) is 9.65. The molecule has 0 rings (SSSR count). The van der Waals surface area contributed by atoms with E-state index in [1.807, 2.05) is 0 Å². The van der Waals surface area contributed by atoms with E-state index in [4.69, 9.17) is 9.47 Å². The molecule has 0 spiro atoms. The summed E-state index contributed by atoms with van der Waals surface area (Å²) < 4.78 is 10.6. The molecule has 0 aromatic carbocycles. The number of ether oxygens (including phenoxy) is 2. The molecule has 0 bridgehead atoms. The third kappa shape index (κ3) is 59.0. The first-order valence-corrected chi connectivity index (χ1v) is 28.6. The standard InChI is InChI=1S/C69H102O5/c1-3-5-7-9-11-13-15-17-19-21-23-25-27-29-31-32-33-34-35-36-38-40-42-44-46-48-50-52-54-56-58-60-62-64-69(72)74-67(65-70)66-73-68(71)63-61-59-57-55-53-51-49-47-45-43-41-39-37-30-28-26-24-22-20-18-16-14-12-10-8-6-4-2/h5-8,11-14,17-20,23-26,29-31,33-34,36-38,41-44,47-50,53,55,67,70H,3-4,9-10,15-16,21-22,27-28,32,35,39-40,45-46,51-52,54,56-66H2,1-2H3/b7-5-,8-6-,13-11-,14-12-,19-17-,20-18-,25-23-,26-24-,31-29-,34-33-,37-30-,38-36-,43-41-,44-42-,49-47-,50-48-,55-53-. The van der Waals surface area contributed by atoms with Gasteiger partial charge in [0.05, 0.1) is 6.61 Å². The molecule has 0 fully saturated rings. The molecule has 0 aliphatic heterocycles. The number of hydrogen-bond donors (Lipinski definition) is 1. The molecule has 0 saturated carbocycles. The number of rotatable bonds is 49. The second kappa shape index (κ2) is 61.8. The van der Waals surface area contributed by atoms with Crippen LogP contribution in [0.4, 0.5) is 0 Å². The fraction of sp³-hybridized carbons (Fsp3) is 0.478. The summed E-state index contributed by atoms with van der Waals surface area (Å²) in [6.45, 7) is 3.83. The summed E-state index contributed by atoms with van der Waals surface area (Å²) in [5.74, 6) is -0.685. The molecule has 408 valence electrons. The fourth-order valence-electron chi connectivity index (χ4n) is 6.85. The normalized spacial score (nSPS) is 13.8. The van der Waals surface area contributed by atoms with E-state index in [1.54, 1.807) is 0 Å². The Morgan fingerprint density at radius 3 is 0.838 bits per heavy atom. The first-order chi connectivity index (χ1) is 36.6. The van der Waals surface area contributed by atoms with Crippen LogP contribution in [0.1, 0.15) is 194 Å². The lowest BCUT2D eigenvalue weighted by Gasteiger charge is -2.15. The molecular weight excluding hydrogens is 909 g/mol. The van der Waals surface area contributed by atoms with E-state index < -0.39 is 6.10 Å². The molecule has 0 aliphatic rings. The molecule has 1 unspecified atom stereocenters. The minimum absolute atomic E-state index is 0.113. The predicted molar refractivity (Wildman–Crippen MR) is 324 cm³/mol. The average molecular weight is 1010 g/mol. The Morgan fingerprint density at radius 2 is 0.541 bits per heavy atom. The number of aliphatic hydroxyl groups excluding tert-OH is 1. The summed E-state index contributed by atoms with van der Waals surface area (Å²) in [4.78, 5) is 24.5. The molecule has 1 N–H and O–H groups in total. The van der Waals surface area contributed by atoms with Crippen molar-refractivity contribution in [2.24, 2.45) is 0 Å². The zero-order valence-corrected chi connectivity index (χ0v) is 46.5. The van der Waals surface area contributed by atoms with Crippen LogP contribution in [-0.2, 0) is 19.1 Å². The van der Waals surface area contributed by atoms with Gasteiger partial charge in [-0.05, 0) is 148 Å². The number of unbranched alkanes of at least 4 members (excludes halogenated alkanes) is 7. The molecule has 0 aliphatic carbocycles. The number of carbonyl (C=O) groups is 2. The maximum Gasteiger partial charge on any atom is 0.306 e. The highest BCUT2D eigenvalue weighted by Crippen LogP contribution is 2.11. The first-order valence-electron chi connectivity index (χ1n) is 28.6. The number of carbonyl (C=O) groups excluding carboxylic acids is 2. The maximum atomic E-state index is 12.3. The Labute approximate surface area is 453 Å². The molecule has 5 heteroatoms. The number of esters is 2. The summed E-state index contributed by atoms with van der Waals surface area (Å²) in [7, 11) is 0. The van der Waals surface area contributed by atoms with E-state index in [0.29, 0.717) is 12.8 Å². The van der Waals surface area contributed by atoms with Crippen molar-refractivity contribution in [3.05, 3.63) is 207 Å². The lowest BCUT2D eigenvalue weighted by atomic mass is 10.1. The fourth-order valence-corrected chi connectivity index (χ4v) is 6.85. The van der Waals surface area contributed by atoms with Gasteiger partial charge in [-0.25, -0.2) is 0 Å². The Morgan fingerprint density at radius 1 is 0.311 bits per heavy atom. The van der Waals surface area contributed by atoms with Gasteiger partial charge in [0.2, 0.25) is 0 Å². The highest BCUT2D eigenvalue weighted by Gasteiger charge is 2.16. The Kier molecular flexibility index (Phi) is 57.2. The third-order valence-corrected chi connectivity index (χ3v) is 11.1. The Bertz CT molecular complexity index is 1810. The molecular formula is C69H102O5. The van der Waals surface area contributed by atoms with E-state index in [1.165, 1.54) is 0 Å². The smallest absolute Gasteiger partial charge is 0.306 e. The molecule has 0 saturated heterocycles. The van der Waals surface area contributed by atoms with Crippen molar-refractivity contribution in [3.63, 3.8) is 0 Å². The summed E-state index contributed by atoms with van der Waals surface area (Å²) in [5.41, 5.74) is 0. The topological polar surface area (TPSA) is 72.8 Å². The predicted octanol–water partition coefficient (Wildman–Crippen LogP) is 19.9. The van der Waals surface area contributed by atoms with Crippen molar-refractivity contribution in [1.82, 2.24) is 0 Å². The van der Waals surface area contributed by atoms with Gasteiger partial charge in [-0.15, -0.1) is 0 Å². The van der Waals surface area contributed by atoms with Crippen LogP contribution in [0.25, 0.3) is 0 Å². The van der Waals surface area contributed by atoms with E-state index in [0.717, 1.165) is 167 Å². The highest BCUT2D eigenvalue weighted by atomic mass is 16.6. The van der Waals surface area contributed by atoms with Gasteiger partial charge in [0, 0.05) is 12.8 Å². The molecule has 0 aromatic rings. The highest BCUT2D eigenvalue weighted by molar-refractivity contribution is 5.70. The van der Waals surface area contributed by atoms with Gasteiger partial charge in [-0.1, -0.05) is 240 Å². The molecule has 1 atom stereocenters. The summed E-state index contributed by atoms with van der Waals surface area (Å²) in [6, 6.07) is 0. The number of aliphatic hydroxyl groups is 1. The van der Waals surface area contributed by atoms with E-state index in [-0.39, 0.29) is 25.2 Å². The van der Waals surface area contributed by atoms with Crippen LogP contribution in [0, 0.1) is 0 Å². The Balaban J connectivity index is 3.74. The van der Waals surface area contributed by atoms with E-state index in [2.05, 4.69) is 220 Å². The van der Waals surface area contributed by atoms with Crippen molar-refractivity contribution >= 4 is 11.9 Å². The monoisotopic (exact) mass is 1010 g/mol. The SMILES string of the molecule is CC/C=C\C/C=C\C/C=C\C/C=C\C/C=C\C/C=C\C/C=C\C/C=C\C/C=C\CCCCCCCC(=O)OC(CO)COC(=O)CCCC/C=C\C/C=C\C/C=C\C/C=C\C/C=C\C/C=C\C/C=C\C/C=C\CC. The van der Waals surface area contributed by atoms with Crippen molar-refractivity contribution in [2.75, 3.05) is 13.2 Å². The quantitative estimate of drug-likeness (QED) is 0.0373. The summed E-state index contributed by atoms with van der Waals surface area (Å²) in [6.07, 6.45) is 101. The third-order valence-electron chi connectivity index (χ3n) is 11.1. The van der Waals surface area contributed by atoms with Crippen LogP contribution in [-0.4, -0.2) is 36.4 Å². The van der Waals surface area contributed by atoms with Gasteiger partial charge in [0.1, 0.15) is 6.61 Å². The molecule has 0 amide bonds. The van der Waals surface area contributed by atoms with Gasteiger partial charge in [0.25, 0.3) is 0 Å². The van der Waals surface area contributed by atoms with Gasteiger partial charge < -0.3 is 14.6 Å². The second-order valence-electron chi connectivity index (χ2n) is 17.9. The second-order valence-corrected chi connectivity index (χ2v) is 17.9. The minimum atomic E-state index is -0.820. The Hall–Kier alpha value is -5.52. The first kappa shape index (κ1) is 68.5. The van der Waals surface area contributed by atoms with Crippen LogP contribution < -0.4 is 0 Å². The maximum absolute atomic E-state index is 12.3. The van der Waals surface area contributed by atoms with Gasteiger partial charge in [-0.2, -0.15) is 0 Å². The number of allylic oxidation sites excluding steroid dienone is 34. The van der Waals surface area contributed by atoms with Crippen LogP contribution in [0.5, 0.6) is 0 Å². The van der Waals surface area contributed by atoms with Crippen molar-refractivity contribution in [3.8, 4) is 0 Å². The lowest BCUT2D eigenvalue weighted by Crippen LogP contribution is -2.28. The van der Waals surface area contributed by atoms with Crippen LogP contribution in [0.3, 0.4) is 0 Å². The zero-order valence-electron chi connectivity index (χ0n) is 46.5. The van der Waals surface area contributed by atoms with Crippen LogP contribution >= 0.6 is 0 Å². The van der Waals surface area contributed by atoms with E-state index >= 15 is 0 Å². The van der Waals surface area contributed by atoms with Crippen LogP contribution in [0.15, 0.2) is 207 Å². The molecule has 74 heavy (non-hydrogen) atoms. The van der Waals surface area contributed by atoms with Crippen molar-refractivity contribution < 1.29 is 24.2 Å². The largest absolute Gasteiger partial charge is 0.462 e. The lowest BCUT2D eigenvalue weighted by molar-refractivity contribution is -0.161. The molecule has 5 nitrogen and oxygen atoms in total. The zero-order chi connectivity index (χ0) is 53.4. The van der Waals surface area contributed by atoms with Gasteiger partial charge >= 0.3 is 11.9 Å². The molecule has 0 heterocycles.